The smallest absolute Gasteiger partial charge is 0.274 e. The Morgan fingerprint density at radius 2 is 1.74 bits per heavy atom. The third-order valence-corrected chi connectivity index (χ3v) is 4.18. The van der Waals surface area contributed by atoms with Gasteiger partial charge in [-0.1, -0.05) is 6.07 Å². The third-order valence-electron chi connectivity index (χ3n) is 4.18. The number of amides is 1. The zero-order valence-electron chi connectivity index (χ0n) is 13.8. The molecule has 1 fully saturated rings. The molecule has 2 heterocycles. The number of nitrogens with zero attached hydrogens (tertiary/aromatic N) is 2. The normalized spacial score (nSPS) is 14.6. The summed E-state index contributed by atoms with van der Waals surface area (Å²) in [6, 6.07) is 9.91. The minimum absolute atomic E-state index is 0.158. The molecule has 1 aliphatic heterocycles. The number of carbonyl (C=O) groups is 1. The van der Waals surface area contributed by atoms with Crippen molar-refractivity contribution < 1.29 is 4.79 Å². The van der Waals surface area contributed by atoms with Gasteiger partial charge in [-0.3, -0.25) is 9.78 Å². The molecule has 0 aliphatic carbocycles. The molecule has 0 saturated carbocycles. The minimum atomic E-state index is -0.158. The van der Waals surface area contributed by atoms with E-state index in [-0.39, 0.29) is 5.91 Å². The van der Waals surface area contributed by atoms with Gasteiger partial charge in [-0.15, -0.1) is 0 Å². The number of pyridine rings is 1. The Kier molecular flexibility index (Phi) is 4.60. The van der Waals surface area contributed by atoms with Crippen LogP contribution in [-0.4, -0.2) is 24.0 Å². The predicted octanol–water partition coefficient (Wildman–Crippen LogP) is 3.94. The van der Waals surface area contributed by atoms with Crippen LogP contribution in [0.25, 0.3) is 0 Å². The summed E-state index contributed by atoms with van der Waals surface area (Å²) in [6.45, 7) is 6.17. The van der Waals surface area contributed by atoms with E-state index in [1.54, 1.807) is 6.20 Å². The van der Waals surface area contributed by atoms with E-state index in [2.05, 4.69) is 21.3 Å². The molecule has 1 aromatic carbocycles. The molecule has 0 atom stereocenters. The van der Waals surface area contributed by atoms with Gasteiger partial charge in [0.1, 0.15) is 5.69 Å². The van der Waals surface area contributed by atoms with Gasteiger partial charge < -0.3 is 10.2 Å². The van der Waals surface area contributed by atoms with Crippen LogP contribution >= 0.6 is 0 Å². The van der Waals surface area contributed by atoms with E-state index < -0.39 is 0 Å². The maximum Gasteiger partial charge on any atom is 0.274 e. The van der Waals surface area contributed by atoms with E-state index in [1.165, 1.54) is 19.3 Å². The second-order valence-corrected chi connectivity index (χ2v) is 6.28. The number of anilines is 2. The number of hydrogen-bond acceptors (Lipinski definition) is 3. The van der Waals surface area contributed by atoms with Crippen molar-refractivity contribution in [3.63, 3.8) is 0 Å². The van der Waals surface area contributed by atoms with Crippen molar-refractivity contribution in [3.05, 3.63) is 53.3 Å². The fraction of sp³-hybridized carbons (Fsp3) is 0.368. The van der Waals surface area contributed by atoms with Crippen LogP contribution in [0.3, 0.4) is 0 Å². The first-order chi connectivity index (χ1) is 11.1. The zero-order valence-corrected chi connectivity index (χ0v) is 13.8. The van der Waals surface area contributed by atoms with Crippen molar-refractivity contribution in [2.75, 3.05) is 23.3 Å². The molecule has 120 valence electrons. The molecular formula is C19H23N3O. The molecule has 3 rings (SSSR count). The lowest BCUT2D eigenvalue weighted by Gasteiger charge is -2.28. The maximum absolute atomic E-state index is 12.5. The fourth-order valence-corrected chi connectivity index (χ4v) is 3.13. The largest absolute Gasteiger partial charge is 0.371 e. The number of piperidine rings is 1. The van der Waals surface area contributed by atoms with E-state index in [0.29, 0.717) is 5.69 Å². The van der Waals surface area contributed by atoms with E-state index in [9.17, 15) is 4.79 Å². The Morgan fingerprint density at radius 3 is 2.43 bits per heavy atom. The monoisotopic (exact) mass is 309 g/mol. The molecule has 1 N–H and O–H groups in total. The summed E-state index contributed by atoms with van der Waals surface area (Å²) in [5.74, 6) is -0.158. The van der Waals surface area contributed by atoms with Crippen LogP contribution in [0.2, 0.25) is 0 Å². The highest BCUT2D eigenvalue weighted by molar-refractivity contribution is 6.03. The Morgan fingerprint density at radius 1 is 1.04 bits per heavy atom. The fourth-order valence-electron chi connectivity index (χ4n) is 3.13. The molecule has 0 radical (unpaired) electrons. The highest BCUT2D eigenvalue weighted by atomic mass is 16.1. The molecule has 0 spiro atoms. The number of hydrogen-bond donors (Lipinski definition) is 1. The maximum atomic E-state index is 12.5. The summed E-state index contributed by atoms with van der Waals surface area (Å²) in [5.41, 5.74) is 4.64. The minimum Gasteiger partial charge on any atom is -0.371 e. The Balaban J connectivity index is 1.76. The highest BCUT2D eigenvalue weighted by Crippen LogP contribution is 2.21. The first-order valence-corrected chi connectivity index (χ1v) is 8.22. The molecule has 0 unspecified atom stereocenters. The van der Waals surface area contributed by atoms with Crippen molar-refractivity contribution in [2.24, 2.45) is 0 Å². The predicted molar refractivity (Wildman–Crippen MR) is 94.2 cm³/mol. The summed E-state index contributed by atoms with van der Waals surface area (Å²) in [4.78, 5) is 19.0. The molecule has 23 heavy (non-hydrogen) atoms. The number of nitrogens with one attached hydrogen (secondary N) is 1. The quantitative estimate of drug-likeness (QED) is 0.934. The topological polar surface area (TPSA) is 45.2 Å². The van der Waals surface area contributed by atoms with Crippen molar-refractivity contribution in [3.8, 4) is 0 Å². The van der Waals surface area contributed by atoms with Crippen LogP contribution in [0.5, 0.6) is 0 Å². The summed E-state index contributed by atoms with van der Waals surface area (Å²) < 4.78 is 0. The van der Waals surface area contributed by atoms with Crippen molar-refractivity contribution in [1.82, 2.24) is 4.98 Å². The summed E-state index contributed by atoms with van der Waals surface area (Å²) in [6.07, 6.45) is 5.45. The van der Waals surface area contributed by atoms with E-state index in [1.807, 2.05) is 38.1 Å². The Bertz CT molecular complexity index is 685. The van der Waals surface area contributed by atoms with Crippen molar-refractivity contribution in [1.29, 1.82) is 0 Å². The number of aryl methyl sites for hydroxylation is 2. The molecule has 1 amide bonds. The lowest BCUT2D eigenvalue weighted by atomic mass is 10.1. The molecule has 1 aromatic heterocycles. The average molecular weight is 309 g/mol. The first kappa shape index (κ1) is 15.5. The van der Waals surface area contributed by atoms with Gasteiger partial charge in [0.2, 0.25) is 0 Å². The van der Waals surface area contributed by atoms with Crippen molar-refractivity contribution in [2.45, 2.75) is 33.1 Å². The van der Waals surface area contributed by atoms with Gasteiger partial charge >= 0.3 is 0 Å². The van der Waals surface area contributed by atoms with Crippen LogP contribution in [0, 0.1) is 13.8 Å². The van der Waals surface area contributed by atoms with Gasteiger partial charge in [0.15, 0.2) is 0 Å². The Hall–Kier alpha value is -2.36. The van der Waals surface area contributed by atoms with Gasteiger partial charge in [-0.2, -0.15) is 0 Å². The van der Waals surface area contributed by atoms with E-state index >= 15 is 0 Å². The number of carbonyl (C=O) groups excluding carboxylic acids is 1. The SMILES string of the molecule is Cc1cc(C)cc(NC(=O)c2cc(N3CCCCC3)ccn2)c1. The first-order valence-electron chi connectivity index (χ1n) is 8.22. The van der Waals surface area contributed by atoms with E-state index in [4.69, 9.17) is 0 Å². The van der Waals surface area contributed by atoms with Crippen LogP contribution in [0.15, 0.2) is 36.5 Å². The molecule has 1 saturated heterocycles. The van der Waals surface area contributed by atoms with Crippen LogP contribution in [-0.2, 0) is 0 Å². The molecule has 1 aliphatic rings. The Labute approximate surface area is 137 Å². The van der Waals surface area contributed by atoms with Crippen molar-refractivity contribution >= 4 is 17.3 Å². The molecule has 0 bridgehead atoms. The summed E-state index contributed by atoms with van der Waals surface area (Å²) in [5, 5.41) is 2.95. The van der Waals surface area contributed by atoms with Gasteiger partial charge in [0.25, 0.3) is 5.91 Å². The third kappa shape index (κ3) is 3.89. The molecule has 4 nitrogen and oxygen atoms in total. The lowest BCUT2D eigenvalue weighted by Crippen LogP contribution is -2.29. The zero-order chi connectivity index (χ0) is 16.2. The molecule has 4 heteroatoms. The number of benzene rings is 1. The molecular weight excluding hydrogens is 286 g/mol. The second-order valence-electron chi connectivity index (χ2n) is 6.28. The van der Waals surface area contributed by atoms with Crippen LogP contribution in [0.4, 0.5) is 11.4 Å². The summed E-state index contributed by atoms with van der Waals surface area (Å²) in [7, 11) is 0. The van der Waals surface area contributed by atoms with Gasteiger partial charge in [0.05, 0.1) is 0 Å². The lowest BCUT2D eigenvalue weighted by molar-refractivity contribution is 0.102. The number of aromatic nitrogens is 1. The number of rotatable bonds is 3. The average Bonchev–Trinajstić information content (AvgIpc) is 2.55. The van der Waals surface area contributed by atoms with Gasteiger partial charge in [-0.25, -0.2) is 0 Å². The highest BCUT2D eigenvalue weighted by Gasteiger charge is 2.14. The summed E-state index contributed by atoms with van der Waals surface area (Å²) >= 11 is 0. The van der Waals surface area contributed by atoms with Crippen LogP contribution < -0.4 is 10.2 Å². The van der Waals surface area contributed by atoms with E-state index in [0.717, 1.165) is 35.6 Å². The molecule has 2 aromatic rings. The second kappa shape index (κ2) is 6.82. The van der Waals surface area contributed by atoms with Gasteiger partial charge in [-0.05, 0) is 68.5 Å². The standard InChI is InChI=1S/C19H23N3O/c1-14-10-15(2)12-16(11-14)21-19(23)18-13-17(6-7-20-18)22-8-4-3-5-9-22/h6-7,10-13H,3-5,8-9H2,1-2H3,(H,21,23). The van der Waals surface area contributed by atoms with Gasteiger partial charge in [0, 0.05) is 30.7 Å². The van der Waals surface area contributed by atoms with Crippen LogP contribution in [0.1, 0.15) is 40.9 Å².